The molecule has 21 heavy (non-hydrogen) atoms. The molecule has 1 atom stereocenters. The molecule has 0 fully saturated rings. The summed E-state index contributed by atoms with van der Waals surface area (Å²) in [5, 5.41) is 9.21. The zero-order valence-corrected chi connectivity index (χ0v) is 12.6. The topological polar surface area (TPSA) is 66.8 Å². The molecular weight excluding hydrogens is 277 g/mol. The fourth-order valence-electron chi connectivity index (χ4n) is 1.94. The number of aliphatic carboxylic acids is 1. The Morgan fingerprint density at radius 3 is 2.43 bits per heavy atom. The summed E-state index contributed by atoms with van der Waals surface area (Å²) in [5.74, 6) is -2.23. The number of hydrogen-bond donors (Lipinski definition) is 1. The second kappa shape index (κ2) is 6.56. The number of rotatable bonds is 6. The maximum atomic E-state index is 13.5. The van der Waals surface area contributed by atoms with Crippen LogP contribution < -0.4 is 4.74 Å². The molecule has 0 saturated heterocycles. The molecule has 1 unspecified atom stereocenters. The fraction of sp³-hybridized carbons (Fsp3) is 0.467. The third-order valence-electron chi connectivity index (χ3n) is 3.27. The van der Waals surface area contributed by atoms with Gasteiger partial charge >= 0.3 is 5.97 Å². The quantitative estimate of drug-likeness (QED) is 0.875. The van der Waals surface area contributed by atoms with Crippen molar-refractivity contribution in [2.75, 3.05) is 6.54 Å². The summed E-state index contributed by atoms with van der Waals surface area (Å²) in [6.45, 7) is 6.23. The van der Waals surface area contributed by atoms with Crippen molar-refractivity contribution < 1.29 is 23.8 Å². The van der Waals surface area contributed by atoms with Gasteiger partial charge in [0, 0.05) is 6.54 Å². The summed E-state index contributed by atoms with van der Waals surface area (Å²) >= 11 is 0. The Balaban J connectivity index is 2.91. The maximum Gasteiger partial charge on any atom is 0.329 e. The van der Waals surface area contributed by atoms with E-state index < -0.39 is 29.3 Å². The van der Waals surface area contributed by atoms with Crippen molar-refractivity contribution in [2.24, 2.45) is 0 Å². The highest BCUT2D eigenvalue weighted by Crippen LogP contribution is 2.20. The van der Waals surface area contributed by atoms with Crippen LogP contribution >= 0.6 is 0 Å². The summed E-state index contributed by atoms with van der Waals surface area (Å²) in [6, 6.07) is 5.75. The first-order valence-electron chi connectivity index (χ1n) is 6.67. The van der Waals surface area contributed by atoms with E-state index in [1.54, 1.807) is 13.0 Å². The van der Waals surface area contributed by atoms with Crippen LogP contribution in [0.2, 0.25) is 0 Å². The standard InChI is InChI=1S/C15H20FNO4/c1-5-17(15(3,4)14(19)20)13(18)10(2)21-12-9-7-6-8-11(12)16/h6-10H,5H2,1-4H3,(H,19,20). The minimum atomic E-state index is -1.36. The average molecular weight is 297 g/mol. The van der Waals surface area contributed by atoms with E-state index in [4.69, 9.17) is 4.74 Å². The van der Waals surface area contributed by atoms with Crippen LogP contribution in [0, 0.1) is 5.82 Å². The van der Waals surface area contributed by atoms with Crippen molar-refractivity contribution in [1.29, 1.82) is 0 Å². The van der Waals surface area contributed by atoms with Gasteiger partial charge in [0.2, 0.25) is 0 Å². The molecule has 116 valence electrons. The summed E-state index contributed by atoms with van der Waals surface area (Å²) in [6.07, 6.45) is -0.986. The Morgan fingerprint density at radius 1 is 1.38 bits per heavy atom. The summed E-state index contributed by atoms with van der Waals surface area (Å²) in [7, 11) is 0. The van der Waals surface area contributed by atoms with E-state index in [9.17, 15) is 19.1 Å². The molecule has 6 heteroatoms. The smallest absolute Gasteiger partial charge is 0.329 e. The molecule has 0 heterocycles. The molecule has 5 nitrogen and oxygen atoms in total. The fourth-order valence-corrected chi connectivity index (χ4v) is 1.94. The van der Waals surface area contributed by atoms with Crippen molar-refractivity contribution in [3.8, 4) is 5.75 Å². The number of halogens is 1. The molecule has 0 spiro atoms. The monoisotopic (exact) mass is 297 g/mol. The first kappa shape index (κ1) is 16.9. The Hall–Kier alpha value is -2.11. The number of para-hydroxylation sites is 1. The molecule has 0 aliphatic rings. The average Bonchev–Trinajstić information content (AvgIpc) is 2.41. The third kappa shape index (κ3) is 3.71. The highest BCUT2D eigenvalue weighted by molar-refractivity contribution is 5.88. The lowest BCUT2D eigenvalue weighted by Crippen LogP contribution is -2.56. The lowest BCUT2D eigenvalue weighted by atomic mass is 10.0. The molecule has 0 bridgehead atoms. The second-order valence-corrected chi connectivity index (χ2v) is 5.14. The number of amides is 1. The second-order valence-electron chi connectivity index (χ2n) is 5.14. The molecule has 1 aromatic carbocycles. The Labute approximate surface area is 123 Å². The van der Waals surface area contributed by atoms with Crippen molar-refractivity contribution in [1.82, 2.24) is 4.90 Å². The van der Waals surface area contributed by atoms with E-state index in [1.165, 1.54) is 43.9 Å². The van der Waals surface area contributed by atoms with Gasteiger partial charge in [0.05, 0.1) is 0 Å². The van der Waals surface area contributed by atoms with Gasteiger partial charge in [-0.1, -0.05) is 12.1 Å². The van der Waals surface area contributed by atoms with Crippen molar-refractivity contribution in [3.05, 3.63) is 30.1 Å². The molecule has 0 saturated carbocycles. The highest BCUT2D eigenvalue weighted by atomic mass is 19.1. The molecule has 1 N–H and O–H groups in total. The van der Waals surface area contributed by atoms with Gasteiger partial charge in [-0.05, 0) is 39.8 Å². The van der Waals surface area contributed by atoms with E-state index in [2.05, 4.69) is 0 Å². The van der Waals surface area contributed by atoms with Crippen LogP contribution in [-0.2, 0) is 9.59 Å². The molecule has 1 aromatic rings. The van der Waals surface area contributed by atoms with Crippen LogP contribution in [0.4, 0.5) is 4.39 Å². The number of carboxylic acid groups (broad SMARTS) is 1. The van der Waals surface area contributed by atoms with Gasteiger partial charge in [-0.2, -0.15) is 0 Å². The number of carbonyl (C=O) groups is 2. The van der Waals surface area contributed by atoms with Crippen LogP contribution in [-0.4, -0.2) is 40.1 Å². The minimum absolute atomic E-state index is 0.0393. The first-order chi connectivity index (χ1) is 9.71. The number of likely N-dealkylation sites (N-methyl/N-ethyl adjacent to an activating group) is 1. The van der Waals surface area contributed by atoms with Crippen LogP contribution in [0.25, 0.3) is 0 Å². The molecule has 0 aliphatic carbocycles. The van der Waals surface area contributed by atoms with Gasteiger partial charge in [-0.3, -0.25) is 4.79 Å². The van der Waals surface area contributed by atoms with Crippen LogP contribution in [0.1, 0.15) is 27.7 Å². The first-order valence-corrected chi connectivity index (χ1v) is 6.67. The van der Waals surface area contributed by atoms with Gasteiger partial charge < -0.3 is 14.7 Å². The van der Waals surface area contributed by atoms with Crippen LogP contribution in [0.5, 0.6) is 5.75 Å². The zero-order valence-electron chi connectivity index (χ0n) is 12.6. The van der Waals surface area contributed by atoms with Gasteiger partial charge in [0.25, 0.3) is 5.91 Å². The SMILES string of the molecule is CCN(C(=O)C(C)Oc1ccccc1F)C(C)(C)C(=O)O. The Morgan fingerprint density at radius 2 is 1.95 bits per heavy atom. The minimum Gasteiger partial charge on any atom is -0.480 e. The van der Waals surface area contributed by atoms with E-state index in [1.807, 2.05) is 0 Å². The number of hydrogen-bond acceptors (Lipinski definition) is 3. The summed E-state index contributed by atoms with van der Waals surface area (Å²) in [4.78, 5) is 24.8. The zero-order chi connectivity index (χ0) is 16.2. The maximum absolute atomic E-state index is 13.5. The lowest BCUT2D eigenvalue weighted by molar-refractivity contribution is -0.159. The van der Waals surface area contributed by atoms with E-state index >= 15 is 0 Å². The number of carbonyl (C=O) groups excluding carboxylic acids is 1. The normalized spacial score (nSPS) is 12.6. The number of ether oxygens (including phenoxy) is 1. The number of benzene rings is 1. The van der Waals surface area contributed by atoms with Crippen LogP contribution in [0.15, 0.2) is 24.3 Å². The van der Waals surface area contributed by atoms with Crippen molar-refractivity contribution in [3.63, 3.8) is 0 Å². The molecule has 0 radical (unpaired) electrons. The Bertz CT molecular complexity index is 530. The predicted octanol–water partition coefficient (Wildman–Crippen LogP) is 2.30. The van der Waals surface area contributed by atoms with Gasteiger partial charge in [-0.15, -0.1) is 0 Å². The molecule has 0 aliphatic heterocycles. The van der Waals surface area contributed by atoms with Gasteiger partial charge in [0.15, 0.2) is 17.7 Å². The molecule has 1 amide bonds. The van der Waals surface area contributed by atoms with Gasteiger partial charge in [-0.25, -0.2) is 9.18 Å². The van der Waals surface area contributed by atoms with Crippen molar-refractivity contribution in [2.45, 2.75) is 39.3 Å². The lowest BCUT2D eigenvalue weighted by Gasteiger charge is -2.35. The highest BCUT2D eigenvalue weighted by Gasteiger charge is 2.39. The molecular formula is C15H20FNO4. The summed E-state index contributed by atoms with van der Waals surface area (Å²) in [5.41, 5.74) is -1.36. The van der Waals surface area contributed by atoms with Crippen molar-refractivity contribution >= 4 is 11.9 Å². The number of carboxylic acids is 1. The molecule has 1 rings (SSSR count). The largest absolute Gasteiger partial charge is 0.480 e. The third-order valence-corrected chi connectivity index (χ3v) is 3.27. The van der Waals surface area contributed by atoms with Crippen LogP contribution in [0.3, 0.4) is 0 Å². The Kier molecular flexibility index (Phi) is 5.29. The van der Waals surface area contributed by atoms with E-state index in [0.717, 1.165) is 0 Å². The van der Waals surface area contributed by atoms with Gasteiger partial charge in [0.1, 0.15) is 5.54 Å². The van der Waals surface area contributed by atoms with E-state index in [0.29, 0.717) is 0 Å². The van der Waals surface area contributed by atoms with E-state index in [-0.39, 0.29) is 12.3 Å². The predicted molar refractivity (Wildman–Crippen MR) is 75.6 cm³/mol. The number of nitrogens with zero attached hydrogens (tertiary/aromatic N) is 1. The summed E-state index contributed by atoms with van der Waals surface area (Å²) < 4.78 is 18.8. The molecule has 0 aromatic heterocycles.